The molecular weight excluding hydrogens is 474 g/mol. The molecule has 5 aliphatic rings. The largest absolute Gasteiger partial charge is 0.469 e. The number of hydrogen-bond acceptors (Lipinski definition) is 5. The van der Waals surface area contributed by atoms with Crippen molar-refractivity contribution < 1.29 is 18.8 Å². The van der Waals surface area contributed by atoms with Gasteiger partial charge in [0.1, 0.15) is 5.76 Å². The molecule has 0 aromatic carbocycles. The third kappa shape index (κ3) is 3.19. The second-order valence-electron chi connectivity index (χ2n) is 15.9. The van der Waals surface area contributed by atoms with Crippen molar-refractivity contribution in [3.05, 3.63) is 29.2 Å². The number of rotatable bonds is 2. The first-order chi connectivity index (χ1) is 17.6. The average Bonchev–Trinajstić information content (AvgIpc) is 3.30. The van der Waals surface area contributed by atoms with Gasteiger partial charge >= 0.3 is 5.97 Å². The SMILES string of the molecule is COC(=O)C[C@]12CCC(C)(C)C[C@H]1[C@H]1C(=O)C=C3[C@@]4(C)Cc5cnoc5C(C)(C)C4CC[C@@]3(C)[C@]1(C)CC2. The van der Waals surface area contributed by atoms with E-state index in [0.29, 0.717) is 18.1 Å². The van der Waals surface area contributed by atoms with Crippen molar-refractivity contribution in [3.63, 3.8) is 0 Å². The first-order valence-electron chi connectivity index (χ1n) is 14.9. The lowest BCUT2D eigenvalue weighted by Gasteiger charge is -2.69. The number of hydrogen-bond donors (Lipinski definition) is 0. The Kier molecular flexibility index (Phi) is 5.43. The Labute approximate surface area is 228 Å². The van der Waals surface area contributed by atoms with Crippen molar-refractivity contribution in [1.29, 1.82) is 0 Å². The Morgan fingerprint density at radius 1 is 1.05 bits per heavy atom. The molecule has 0 saturated heterocycles. The minimum absolute atomic E-state index is 0.0443. The van der Waals surface area contributed by atoms with Gasteiger partial charge in [-0.15, -0.1) is 0 Å². The summed E-state index contributed by atoms with van der Waals surface area (Å²) in [6.07, 6.45) is 12.7. The van der Waals surface area contributed by atoms with Crippen LogP contribution in [-0.2, 0) is 26.2 Å². The molecule has 208 valence electrons. The predicted octanol–water partition coefficient (Wildman–Crippen LogP) is 7.23. The molecule has 1 aromatic heterocycles. The summed E-state index contributed by atoms with van der Waals surface area (Å²) in [6, 6.07) is 0. The molecule has 0 bridgehead atoms. The van der Waals surface area contributed by atoms with Gasteiger partial charge in [0.25, 0.3) is 0 Å². The molecule has 0 radical (unpaired) electrons. The number of nitrogens with zero attached hydrogens (tertiary/aromatic N) is 1. The van der Waals surface area contributed by atoms with Crippen molar-refractivity contribution in [3.8, 4) is 0 Å². The number of carbonyl (C=O) groups excluding carboxylic acids is 2. The van der Waals surface area contributed by atoms with Crippen molar-refractivity contribution >= 4 is 11.8 Å². The van der Waals surface area contributed by atoms with E-state index in [1.54, 1.807) is 0 Å². The molecule has 1 unspecified atom stereocenters. The standard InChI is InChI=1S/C33H47NO4/c1-28(2)11-13-33(18-25(36)37-8)14-12-32(7)26(21(33)17-28)22(35)15-24-30(5)16-20-19-34-38-27(20)29(3,4)23(30)9-10-31(24,32)6/h15,19,21,23,26H,9-14,16-18H2,1-8H3/t21-,23?,26-,30-,31+,32+,33+/m0/s1. The topological polar surface area (TPSA) is 69.4 Å². The highest BCUT2D eigenvalue weighted by Gasteiger charge is 2.70. The van der Waals surface area contributed by atoms with E-state index >= 15 is 0 Å². The lowest BCUT2D eigenvalue weighted by atomic mass is 9.34. The molecular formula is C33H47NO4. The summed E-state index contributed by atoms with van der Waals surface area (Å²) in [7, 11) is 1.50. The van der Waals surface area contributed by atoms with E-state index in [9.17, 15) is 9.59 Å². The van der Waals surface area contributed by atoms with Gasteiger partial charge in [0, 0.05) is 16.9 Å². The fraction of sp³-hybridized carbons (Fsp3) is 0.788. The number of methoxy groups -OCH3 is 1. The maximum Gasteiger partial charge on any atom is 0.306 e. The molecule has 0 N–H and O–H groups in total. The Morgan fingerprint density at radius 2 is 1.76 bits per heavy atom. The van der Waals surface area contributed by atoms with Crippen molar-refractivity contribution in [2.24, 2.45) is 44.8 Å². The summed E-state index contributed by atoms with van der Waals surface area (Å²) < 4.78 is 11.0. The summed E-state index contributed by atoms with van der Waals surface area (Å²) in [5, 5.41) is 4.20. The Bertz CT molecular complexity index is 1220. The summed E-state index contributed by atoms with van der Waals surface area (Å²) in [5.41, 5.74) is 2.21. The Morgan fingerprint density at radius 3 is 2.47 bits per heavy atom. The third-order valence-electron chi connectivity index (χ3n) is 13.2. The van der Waals surface area contributed by atoms with Crippen LogP contribution in [0.5, 0.6) is 0 Å². The van der Waals surface area contributed by atoms with Crippen LogP contribution >= 0.6 is 0 Å². The van der Waals surface area contributed by atoms with Gasteiger partial charge in [-0.3, -0.25) is 9.59 Å². The molecule has 0 aliphatic heterocycles. The van der Waals surface area contributed by atoms with E-state index in [4.69, 9.17) is 9.26 Å². The number of allylic oxidation sites excluding steroid dienone is 2. The van der Waals surface area contributed by atoms with E-state index in [0.717, 1.165) is 57.1 Å². The number of carbonyl (C=O) groups is 2. The Hall–Kier alpha value is -1.91. The number of aromatic nitrogens is 1. The lowest BCUT2D eigenvalue weighted by Crippen LogP contribution is -2.65. The summed E-state index contributed by atoms with van der Waals surface area (Å²) in [5.74, 6) is 1.79. The highest BCUT2D eigenvalue weighted by molar-refractivity contribution is 5.95. The molecule has 0 amide bonds. The van der Waals surface area contributed by atoms with Gasteiger partial charge in [0.15, 0.2) is 5.78 Å². The Balaban J connectivity index is 1.48. The molecule has 38 heavy (non-hydrogen) atoms. The zero-order valence-electron chi connectivity index (χ0n) is 24.8. The van der Waals surface area contributed by atoms with Crippen LogP contribution in [0.25, 0.3) is 0 Å². The van der Waals surface area contributed by atoms with Gasteiger partial charge in [0.05, 0.1) is 19.7 Å². The quantitative estimate of drug-likeness (QED) is 0.384. The molecule has 6 rings (SSSR count). The average molecular weight is 522 g/mol. The van der Waals surface area contributed by atoms with Crippen LogP contribution in [0.1, 0.15) is 111 Å². The number of ether oxygens (including phenoxy) is 1. The van der Waals surface area contributed by atoms with Crippen LogP contribution in [0.2, 0.25) is 0 Å². The summed E-state index contributed by atoms with van der Waals surface area (Å²) >= 11 is 0. The van der Waals surface area contributed by atoms with Crippen LogP contribution in [0.3, 0.4) is 0 Å². The second-order valence-corrected chi connectivity index (χ2v) is 15.9. The summed E-state index contributed by atoms with van der Waals surface area (Å²) in [6.45, 7) is 16.7. The molecule has 1 heterocycles. The zero-order valence-corrected chi connectivity index (χ0v) is 24.8. The zero-order chi connectivity index (χ0) is 27.5. The number of ketones is 1. The normalized spacial score (nSPS) is 44.5. The highest BCUT2D eigenvalue weighted by Crippen LogP contribution is 2.75. The van der Waals surface area contributed by atoms with Crippen molar-refractivity contribution in [2.45, 2.75) is 112 Å². The molecule has 5 nitrogen and oxygen atoms in total. The predicted molar refractivity (Wildman–Crippen MR) is 146 cm³/mol. The molecule has 0 spiro atoms. The van der Waals surface area contributed by atoms with Crippen molar-refractivity contribution in [2.75, 3.05) is 7.11 Å². The monoisotopic (exact) mass is 521 g/mol. The third-order valence-corrected chi connectivity index (χ3v) is 13.2. The molecule has 5 heteroatoms. The van der Waals surface area contributed by atoms with Crippen LogP contribution in [0.4, 0.5) is 0 Å². The van der Waals surface area contributed by atoms with Gasteiger partial charge in [-0.2, -0.15) is 0 Å². The first-order valence-corrected chi connectivity index (χ1v) is 14.9. The minimum Gasteiger partial charge on any atom is -0.469 e. The molecule has 3 fully saturated rings. The minimum atomic E-state index is -0.130. The highest BCUT2D eigenvalue weighted by atomic mass is 16.5. The second kappa shape index (κ2) is 7.85. The first kappa shape index (κ1) is 26.3. The van der Waals surface area contributed by atoms with Gasteiger partial charge in [0.2, 0.25) is 0 Å². The molecule has 3 saturated carbocycles. The molecule has 5 aliphatic carbocycles. The van der Waals surface area contributed by atoms with Gasteiger partial charge in [-0.25, -0.2) is 0 Å². The maximum absolute atomic E-state index is 14.5. The smallest absolute Gasteiger partial charge is 0.306 e. The summed E-state index contributed by atoms with van der Waals surface area (Å²) in [4.78, 5) is 27.3. The molecule has 1 aromatic rings. The lowest BCUT2D eigenvalue weighted by molar-refractivity contribution is -0.179. The van der Waals surface area contributed by atoms with Crippen LogP contribution in [0, 0.1) is 44.8 Å². The fourth-order valence-electron chi connectivity index (χ4n) is 11.1. The van der Waals surface area contributed by atoms with Gasteiger partial charge in [-0.05, 0) is 96.4 Å². The fourth-order valence-corrected chi connectivity index (χ4v) is 11.1. The van der Waals surface area contributed by atoms with Crippen LogP contribution in [-0.4, -0.2) is 24.0 Å². The van der Waals surface area contributed by atoms with Crippen LogP contribution < -0.4 is 0 Å². The van der Waals surface area contributed by atoms with Gasteiger partial charge < -0.3 is 9.26 Å². The van der Waals surface area contributed by atoms with Crippen LogP contribution in [0.15, 0.2) is 22.4 Å². The number of esters is 1. The number of fused-ring (bicyclic) bond motifs is 8. The van der Waals surface area contributed by atoms with Crippen molar-refractivity contribution in [1.82, 2.24) is 5.16 Å². The van der Waals surface area contributed by atoms with E-state index in [-0.39, 0.29) is 50.3 Å². The molecule has 7 atom stereocenters. The van der Waals surface area contributed by atoms with E-state index < -0.39 is 0 Å². The maximum atomic E-state index is 14.5. The van der Waals surface area contributed by atoms with Gasteiger partial charge in [-0.1, -0.05) is 59.2 Å². The van der Waals surface area contributed by atoms with E-state index in [1.807, 2.05) is 6.20 Å². The van der Waals surface area contributed by atoms with E-state index in [2.05, 4.69) is 59.7 Å². The van der Waals surface area contributed by atoms with E-state index in [1.165, 1.54) is 18.2 Å².